The minimum atomic E-state index is -0.859. The van der Waals surface area contributed by atoms with Gasteiger partial charge in [-0.15, -0.1) is 0 Å². The van der Waals surface area contributed by atoms with Gasteiger partial charge in [0, 0.05) is 5.56 Å². The van der Waals surface area contributed by atoms with Gasteiger partial charge in [0.05, 0.1) is 18.1 Å². The van der Waals surface area contributed by atoms with Gasteiger partial charge in [-0.05, 0) is 30.0 Å². The van der Waals surface area contributed by atoms with Gasteiger partial charge in [0.1, 0.15) is 5.75 Å². The number of benzene rings is 2. The number of methoxy groups -OCH3 is 1. The summed E-state index contributed by atoms with van der Waals surface area (Å²) in [5.74, 6) is 0.138. The molecule has 0 fully saturated rings. The Kier molecular flexibility index (Phi) is 5.65. The summed E-state index contributed by atoms with van der Waals surface area (Å²) in [6.07, 6.45) is -0.859. The zero-order valence-electron chi connectivity index (χ0n) is 15.6. The number of ketones is 1. The predicted molar refractivity (Wildman–Crippen MR) is 99.2 cm³/mol. The summed E-state index contributed by atoms with van der Waals surface area (Å²) in [4.78, 5) is 23.3. The Morgan fingerprint density at radius 3 is 2.23 bits per heavy atom. The molecule has 0 N–H and O–H groups in total. The molecule has 0 heterocycles. The van der Waals surface area contributed by atoms with Crippen molar-refractivity contribution in [2.24, 2.45) is 0 Å². The third-order valence-electron chi connectivity index (χ3n) is 4.07. The Morgan fingerprint density at radius 1 is 1.12 bits per heavy atom. The molecule has 2 aromatic carbocycles. The van der Waals surface area contributed by atoms with Crippen LogP contribution in [0.1, 0.15) is 43.6 Å². The maximum Gasteiger partial charge on any atom is 0.314 e. The Morgan fingerprint density at radius 2 is 1.73 bits per heavy atom. The number of rotatable bonds is 6. The summed E-state index contributed by atoms with van der Waals surface area (Å²) in [6, 6.07) is 11.6. The lowest BCUT2D eigenvalue weighted by Crippen LogP contribution is -2.24. The number of nitro groups is 1. The van der Waals surface area contributed by atoms with Gasteiger partial charge in [-0.1, -0.05) is 45.0 Å². The number of nitrogens with zero attached hydrogens (tertiary/aromatic N) is 1. The van der Waals surface area contributed by atoms with Crippen molar-refractivity contribution in [3.05, 3.63) is 63.7 Å². The van der Waals surface area contributed by atoms with Crippen molar-refractivity contribution in [2.45, 2.75) is 39.2 Å². The van der Waals surface area contributed by atoms with Crippen LogP contribution < -0.4 is 9.47 Å². The number of carbonyl (C=O) groups is 1. The van der Waals surface area contributed by atoms with E-state index in [1.807, 2.05) is 12.1 Å². The molecule has 0 saturated carbocycles. The maximum atomic E-state index is 12.6. The van der Waals surface area contributed by atoms with Gasteiger partial charge in [-0.25, -0.2) is 0 Å². The van der Waals surface area contributed by atoms with E-state index >= 15 is 0 Å². The van der Waals surface area contributed by atoms with Crippen LogP contribution in [0.5, 0.6) is 11.5 Å². The van der Waals surface area contributed by atoms with Gasteiger partial charge in [-0.3, -0.25) is 14.9 Å². The molecular formula is C20H23NO5. The number of Topliss-reactive ketones (excluding diaryl/α,β-unsaturated/α-hetero) is 1. The molecule has 0 saturated heterocycles. The second kappa shape index (κ2) is 7.56. The number of ether oxygens (including phenoxy) is 2. The molecule has 0 aliphatic rings. The number of nitro benzene ring substituents is 1. The molecule has 2 aromatic rings. The fraction of sp³-hybridized carbons (Fsp3) is 0.350. The molecule has 6 heteroatoms. The first-order valence-corrected chi connectivity index (χ1v) is 8.27. The van der Waals surface area contributed by atoms with E-state index in [2.05, 4.69) is 20.8 Å². The van der Waals surface area contributed by atoms with Gasteiger partial charge in [0.15, 0.2) is 11.9 Å². The third kappa shape index (κ3) is 4.39. The van der Waals surface area contributed by atoms with Gasteiger partial charge in [0.2, 0.25) is 5.78 Å². The van der Waals surface area contributed by atoms with Crippen LogP contribution in [0.25, 0.3) is 0 Å². The average molecular weight is 357 g/mol. The molecule has 0 aliphatic carbocycles. The van der Waals surface area contributed by atoms with Crippen molar-refractivity contribution in [3.63, 3.8) is 0 Å². The predicted octanol–water partition coefficient (Wildman–Crippen LogP) is 4.55. The summed E-state index contributed by atoms with van der Waals surface area (Å²) >= 11 is 0. The molecule has 0 radical (unpaired) electrons. The molecule has 1 atom stereocenters. The van der Waals surface area contributed by atoms with Gasteiger partial charge < -0.3 is 9.47 Å². The quantitative estimate of drug-likeness (QED) is 0.430. The molecule has 1 unspecified atom stereocenters. The zero-order valence-corrected chi connectivity index (χ0v) is 15.6. The molecule has 2 rings (SSSR count). The molecule has 0 bridgehead atoms. The molecule has 6 nitrogen and oxygen atoms in total. The first-order chi connectivity index (χ1) is 12.1. The Balaban J connectivity index is 2.20. The molecule has 138 valence electrons. The largest absolute Gasteiger partial charge is 0.496 e. The first-order valence-electron chi connectivity index (χ1n) is 8.27. The van der Waals surface area contributed by atoms with E-state index in [-0.39, 0.29) is 22.6 Å². The van der Waals surface area contributed by atoms with Crippen molar-refractivity contribution < 1.29 is 19.2 Å². The molecule has 0 aliphatic heterocycles. The molecule has 26 heavy (non-hydrogen) atoms. The molecule has 0 amide bonds. The SMILES string of the molecule is COc1ccc(OC(C)C(=O)c2ccc(C(C)(C)C)cc2)c([N+](=O)[O-])c1. The lowest BCUT2D eigenvalue weighted by Gasteiger charge is -2.19. The second-order valence-corrected chi connectivity index (χ2v) is 7.04. The van der Waals surface area contributed by atoms with Crippen molar-refractivity contribution in [1.29, 1.82) is 0 Å². The normalized spacial score (nSPS) is 12.3. The summed E-state index contributed by atoms with van der Waals surface area (Å²) < 4.78 is 10.6. The minimum Gasteiger partial charge on any atom is -0.496 e. The van der Waals surface area contributed by atoms with E-state index in [0.29, 0.717) is 11.3 Å². The van der Waals surface area contributed by atoms with Crippen molar-refractivity contribution in [1.82, 2.24) is 0 Å². The van der Waals surface area contributed by atoms with Crippen LogP contribution in [-0.2, 0) is 5.41 Å². The minimum absolute atomic E-state index is 0.00655. The van der Waals surface area contributed by atoms with Crippen LogP contribution in [0.4, 0.5) is 5.69 Å². The van der Waals surface area contributed by atoms with Crippen LogP contribution in [0.2, 0.25) is 0 Å². The number of hydrogen-bond acceptors (Lipinski definition) is 5. The Labute approximate surface area is 152 Å². The lowest BCUT2D eigenvalue weighted by molar-refractivity contribution is -0.386. The highest BCUT2D eigenvalue weighted by atomic mass is 16.6. The van der Waals surface area contributed by atoms with E-state index < -0.39 is 11.0 Å². The fourth-order valence-corrected chi connectivity index (χ4v) is 2.48. The highest BCUT2D eigenvalue weighted by Crippen LogP contribution is 2.32. The summed E-state index contributed by atoms with van der Waals surface area (Å²) in [6.45, 7) is 7.86. The van der Waals surface area contributed by atoms with Crippen molar-refractivity contribution >= 4 is 11.5 Å². The third-order valence-corrected chi connectivity index (χ3v) is 4.07. The van der Waals surface area contributed by atoms with E-state index in [1.54, 1.807) is 25.1 Å². The van der Waals surface area contributed by atoms with Gasteiger partial charge in [0.25, 0.3) is 0 Å². The van der Waals surface area contributed by atoms with Crippen molar-refractivity contribution in [3.8, 4) is 11.5 Å². The monoisotopic (exact) mass is 357 g/mol. The molecular weight excluding hydrogens is 334 g/mol. The van der Waals surface area contributed by atoms with E-state index in [9.17, 15) is 14.9 Å². The number of carbonyl (C=O) groups excluding carboxylic acids is 1. The highest BCUT2D eigenvalue weighted by Gasteiger charge is 2.23. The zero-order chi connectivity index (χ0) is 19.5. The van der Waals surface area contributed by atoms with Crippen molar-refractivity contribution in [2.75, 3.05) is 7.11 Å². The fourth-order valence-electron chi connectivity index (χ4n) is 2.48. The first kappa shape index (κ1) is 19.4. The van der Waals surface area contributed by atoms with E-state index in [4.69, 9.17) is 9.47 Å². The molecule has 0 spiro atoms. The topological polar surface area (TPSA) is 78.7 Å². The van der Waals surface area contributed by atoms with Crippen LogP contribution in [0.15, 0.2) is 42.5 Å². The standard InChI is InChI=1S/C20H23NO5/c1-13(19(22)14-6-8-15(9-7-14)20(2,3)4)26-18-11-10-16(25-5)12-17(18)21(23)24/h6-13H,1-5H3. The lowest BCUT2D eigenvalue weighted by atomic mass is 9.86. The van der Waals surface area contributed by atoms with Crippen LogP contribution in [-0.4, -0.2) is 23.9 Å². The van der Waals surface area contributed by atoms with Crippen LogP contribution in [0.3, 0.4) is 0 Å². The summed E-state index contributed by atoms with van der Waals surface area (Å²) in [5, 5.41) is 11.2. The smallest absolute Gasteiger partial charge is 0.314 e. The molecule has 0 aromatic heterocycles. The maximum absolute atomic E-state index is 12.6. The second-order valence-electron chi connectivity index (χ2n) is 7.04. The number of hydrogen-bond donors (Lipinski definition) is 0. The summed E-state index contributed by atoms with van der Waals surface area (Å²) in [5.41, 5.74) is 1.37. The Bertz CT molecular complexity index is 806. The van der Waals surface area contributed by atoms with E-state index in [1.165, 1.54) is 19.2 Å². The van der Waals surface area contributed by atoms with E-state index in [0.717, 1.165) is 5.56 Å². The van der Waals surface area contributed by atoms with Crippen LogP contribution in [0, 0.1) is 10.1 Å². The highest BCUT2D eigenvalue weighted by molar-refractivity contribution is 5.99. The van der Waals surface area contributed by atoms with Gasteiger partial charge in [-0.2, -0.15) is 0 Å². The Hall–Kier alpha value is -2.89. The van der Waals surface area contributed by atoms with Crippen LogP contribution >= 0.6 is 0 Å². The summed E-state index contributed by atoms with van der Waals surface area (Å²) in [7, 11) is 1.42. The van der Waals surface area contributed by atoms with Gasteiger partial charge >= 0.3 is 5.69 Å². The average Bonchev–Trinajstić information content (AvgIpc) is 2.60.